The zero-order valence-corrected chi connectivity index (χ0v) is 8.82. The predicted octanol–water partition coefficient (Wildman–Crippen LogP) is 1.16. The molecule has 1 aliphatic rings. The van der Waals surface area contributed by atoms with Crippen molar-refractivity contribution in [1.82, 2.24) is 15.0 Å². The number of hydrogen-bond acceptors (Lipinski definition) is 5. The zero-order chi connectivity index (χ0) is 10.7. The minimum absolute atomic E-state index is 0.226. The Balaban J connectivity index is 1.92. The molecule has 0 unspecified atom stereocenters. The minimum atomic E-state index is 0.226. The van der Waals surface area contributed by atoms with Crippen molar-refractivity contribution in [3.05, 3.63) is 5.82 Å². The number of nitrogens with two attached hydrogens (primary N) is 2. The van der Waals surface area contributed by atoms with E-state index in [1.165, 1.54) is 25.7 Å². The second kappa shape index (κ2) is 4.42. The summed E-state index contributed by atoms with van der Waals surface area (Å²) in [4.78, 5) is 11.9. The Bertz CT molecular complexity index is 312. The van der Waals surface area contributed by atoms with E-state index < -0.39 is 0 Å². The van der Waals surface area contributed by atoms with Gasteiger partial charge in [-0.15, -0.1) is 0 Å². The normalized spacial score (nSPS) is 17.1. The lowest BCUT2D eigenvalue weighted by molar-refractivity contribution is 0.497. The maximum absolute atomic E-state index is 5.50. The van der Waals surface area contributed by atoms with Gasteiger partial charge in [0.1, 0.15) is 5.82 Å². The molecule has 2 rings (SSSR count). The second-order valence-electron chi connectivity index (χ2n) is 4.16. The maximum Gasteiger partial charge on any atom is 0.225 e. The van der Waals surface area contributed by atoms with Crippen molar-refractivity contribution in [3.63, 3.8) is 0 Å². The largest absolute Gasteiger partial charge is 0.368 e. The van der Waals surface area contributed by atoms with Crippen LogP contribution in [0.4, 0.5) is 11.9 Å². The molecule has 4 N–H and O–H groups in total. The van der Waals surface area contributed by atoms with Gasteiger partial charge in [0.25, 0.3) is 0 Å². The number of aromatic nitrogens is 3. The quantitative estimate of drug-likeness (QED) is 0.776. The summed E-state index contributed by atoms with van der Waals surface area (Å²) in [7, 11) is 0. The highest BCUT2D eigenvalue weighted by Gasteiger charge is 2.15. The molecule has 1 heterocycles. The van der Waals surface area contributed by atoms with Crippen LogP contribution in [0.3, 0.4) is 0 Å². The van der Waals surface area contributed by atoms with Crippen molar-refractivity contribution in [2.75, 3.05) is 11.5 Å². The number of rotatable bonds is 3. The van der Waals surface area contributed by atoms with Crippen molar-refractivity contribution in [2.45, 2.75) is 38.5 Å². The highest BCUT2D eigenvalue weighted by atomic mass is 15.1. The fraction of sp³-hybridized carbons (Fsp3) is 0.700. The van der Waals surface area contributed by atoms with Crippen LogP contribution in [0.5, 0.6) is 0 Å². The van der Waals surface area contributed by atoms with Gasteiger partial charge in [0, 0.05) is 6.42 Å². The van der Waals surface area contributed by atoms with Gasteiger partial charge in [0.05, 0.1) is 0 Å². The lowest BCUT2D eigenvalue weighted by Crippen LogP contribution is -2.08. The van der Waals surface area contributed by atoms with Crippen LogP contribution < -0.4 is 11.5 Å². The molecule has 0 aliphatic heterocycles. The zero-order valence-electron chi connectivity index (χ0n) is 8.82. The van der Waals surface area contributed by atoms with E-state index in [2.05, 4.69) is 15.0 Å². The Morgan fingerprint density at radius 1 is 1.00 bits per heavy atom. The summed E-state index contributed by atoms with van der Waals surface area (Å²) in [6.45, 7) is 0. The minimum Gasteiger partial charge on any atom is -0.368 e. The van der Waals surface area contributed by atoms with E-state index in [9.17, 15) is 0 Å². The maximum atomic E-state index is 5.50. The van der Waals surface area contributed by atoms with E-state index in [4.69, 9.17) is 11.5 Å². The molecule has 1 saturated carbocycles. The van der Waals surface area contributed by atoms with Crippen LogP contribution in [0.2, 0.25) is 0 Å². The van der Waals surface area contributed by atoms with Gasteiger partial charge in [-0.3, -0.25) is 0 Å². The van der Waals surface area contributed by atoms with Crippen LogP contribution in [0.25, 0.3) is 0 Å². The van der Waals surface area contributed by atoms with E-state index in [1.807, 2.05) is 0 Å². The third kappa shape index (κ3) is 2.78. The molecule has 1 aliphatic carbocycles. The molecule has 1 aromatic heterocycles. The van der Waals surface area contributed by atoms with Gasteiger partial charge >= 0.3 is 0 Å². The Morgan fingerprint density at radius 2 is 1.60 bits per heavy atom. The molecule has 0 amide bonds. The highest BCUT2D eigenvalue weighted by Crippen LogP contribution is 2.28. The van der Waals surface area contributed by atoms with Crippen LogP contribution >= 0.6 is 0 Å². The van der Waals surface area contributed by atoms with Crippen LogP contribution in [0.1, 0.15) is 37.9 Å². The summed E-state index contributed by atoms with van der Waals surface area (Å²) in [5.74, 6) is 2.02. The molecular weight excluding hydrogens is 190 g/mol. The summed E-state index contributed by atoms with van der Waals surface area (Å²) in [6, 6.07) is 0. The van der Waals surface area contributed by atoms with Crippen LogP contribution in [-0.2, 0) is 6.42 Å². The van der Waals surface area contributed by atoms with Crippen LogP contribution in [0.15, 0.2) is 0 Å². The van der Waals surface area contributed by atoms with Gasteiger partial charge in [-0.25, -0.2) is 0 Å². The summed E-state index contributed by atoms with van der Waals surface area (Å²) in [5, 5.41) is 0. The van der Waals surface area contributed by atoms with E-state index in [-0.39, 0.29) is 11.9 Å². The molecule has 0 bridgehead atoms. The topological polar surface area (TPSA) is 90.7 Å². The molecule has 5 heteroatoms. The Labute approximate surface area is 89.3 Å². The van der Waals surface area contributed by atoms with Crippen molar-refractivity contribution in [2.24, 2.45) is 5.92 Å². The number of nitrogens with zero attached hydrogens (tertiary/aromatic N) is 3. The molecule has 0 aromatic carbocycles. The number of aryl methyl sites for hydroxylation is 1. The Hall–Kier alpha value is -1.39. The number of hydrogen-bond donors (Lipinski definition) is 2. The van der Waals surface area contributed by atoms with Gasteiger partial charge in [-0.05, 0) is 12.3 Å². The summed E-state index contributed by atoms with van der Waals surface area (Å²) in [5.41, 5.74) is 11.0. The molecule has 0 atom stereocenters. The number of anilines is 2. The number of nitrogen functional groups attached to an aromatic ring is 2. The molecule has 82 valence electrons. The van der Waals surface area contributed by atoms with Crippen molar-refractivity contribution in [3.8, 4) is 0 Å². The molecular formula is C10H17N5. The second-order valence-corrected chi connectivity index (χ2v) is 4.16. The van der Waals surface area contributed by atoms with Gasteiger partial charge in [0.2, 0.25) is 11.9 Å². The summed E-state index contributed by atoms with van der Waals surface area (Å²) >= 11 is 0. The molecule has 1 aromatic rings. The van der Waals surface area contributed by atoms with E-state index in [0.29, 0.717) is 0 Å². The fourth-order valence-corrected chi connectivity index (χ4v) is 2.20. The van der Waals surface area contributed by atoms with Gasteiger partial charge in [-0.2, -0.15) is 15.0 Å². The van der Waals surface area contributed by atoms with Crippen LogP contribution in [-0.4, -0.2) is 15.0 Å². The molecule has 0 radical (unpaired) electrons. The third-order valence-electron chi connectivity index (χ3n) is 2.97. The molecule has 5 nitrogen and oxygen atoms in total. The van der Waals surface area contributed by atoms with Crippen molar-refractivity contribution < 1.29 is 0 Å². The molecule has 15 heavy (non-hydrogen) atoms. The van der Waals surface area contributed by atoms with Crippen LogP contribution in [0, 0.1) is 5.92 Å². The van der Waals surface area contributed by atoms with E-state index >= 15 is 0 Å². The fourth-order valence-electron chi connectivity index (χ4n) is 2.20. The molecule has 1 fully saturated rings. The average molecular weight is 207 g/mol. The SMILES string of the molecule is Nc1nc(N)nc(CCC2CCCC2)n1. The first-order chi connectivity index (χ1) is 7.24. The Kier molecular flexibility index (Phi) is 2.99. The lowest BCUT2D eigenvalue weighted by atomic mass is 10.0. The van der Waals surface area contributed by atoms with E-state index in [1.54, 1.807) is 0 Å². The summed E-state index contributed by atoms with van der Waals surface area (Å²) < 4.78 is 0. The van der Waals surface area contributed by atoms with Gasteiger partial charge in [0.15, 0.2) is 0 Å². The van der Waals surface area contributed by atoms with Gasteiger partial charge < -0.3 is 11.5 Å². The first-order valence-corrected chi connectivity index (χ1v) is 5.50. The molecule has 0 spiro atoms. The lowest BCUT2D eigenvalue weighted by Gasteiger charge is -2.07. The monoisotopic (exact) mass is 207 g/mol. The van der Waals surface area contributed by atoms with E-state index in [0.717, 1.165) is 24.6 Å². The average Bonchev–Trinajstić information content (AvgIpc) is 2.65. The first-order valence-electron chi connectivity index (χ1n) is 5.50. The highest BCUT2D eigenvalue weighted by molar-refractivity contribution is 5.25. The predicted molar refractivity (Wildman–Crippen MR) is 58.9 cm³/mol. The van der Waals surface area contributed by atoms with Crippen molar-refractivity contribution in [1.29, 1.82) is 0 Å². The smallest absolute Gasteiger partial charge is 0.225 e. The standard InChI is InChI=1S/C10H17N5/c11-9-13-8(14-10(12)15-9)6-5-7-3-1-2-4-7/h7H,1-6H2,(H4,11,12,13,14,15). The first kappa shape index (κ1) is 10.1. The summed E-state index contributed by atoms with van der Waals surface area (Å²) in [6.07, 6.45) is 7.43. The van der Waals surface area contributed by atoms with Gasteiger partial charge in [-0.1, -0.05) is 25.7 Å². The Morgan fingerprint density at radius 3 is 2.20 bits per heavy atom. The molecule has 0 saturated heterocycles. The van der Waals surface area contributed by atoms with Crippen molar-refractivity contribution >= 4 is 11.9 Å². The third-order valence-corrected chi connectivity index (χ3v) is 2.97.